The minimum Gasteiger partial charge on any atom is -0.500 e. The number of nitrogens with zero attached hydrogens (tertiary/aromatic N) is 1. The molecule has 0 radical (unpaired) electrons. The SMILES string of the molecule is CC1(C)OCC(Oc2cc(Cl)cc([N+](=O)[O-])c2O)O1. The summed E-state index contributed by atoms with van der Waals surface area (Å²) in [6.07, 6.45) is -0.765. The van der Waals surface area contributed by atoms with Gasteiger partial charge in [0.25, 0.3) is 0 Å². The van der Waals surface area contributed by atoms with Gasteiger partial charge in [0.15, 0.2) is 11.5 Å². The normalized spacial score (nSPS) is 21.3. The largest absolute Gasteiger partial charge is 0.500 e. The van der Waals surface area contributed by atoms with Gasteiger partial charge in [-0.3, -0.25) is 10.1 Å². The molecule has 104 valence electrons. The van der Waals surface area contributed by atoms with Crippen molar-refractivity contribution in [3.8, 4) is 11.5 Å². The molecule has 0 saturated carbocycles. The maximum absolute atomic E-state index is 10.7. The Morgan fingerprint density at radius 3 is 2.79 bits per heavy atom. The zero-order valence-electron chi connectivity index (χ0n) is 10.3. The van der Waals surface area contributed by atoms with Crippen LogP contribution in [0.3, 0.4) is 0 Å². The van der Waals surface area contributed by atoms with Gasteiger partial charge in [-0.25, -0.2) is 0 Å². The van der Waals surface area contributed by atoms with Gasteiger partial charge in [-0.15, -0.1) is 0 Å². The van der Waals surface area contributed by atoms with E-state index in [0.717, 1.165) is 6.07 Å². The van der Waals surface area contributed by atoms with Crippen LogP contribution >= 0.6 is 11.6 Å². The van der Waals surface area contributed by atoms with E-state index in [2.05, 4.69) is 0 Å². The van der Waals surface area contributed by atoms with Gasteiger partial charge < -0.3 is 19.3 Å². The molecule has 2 rings (SSSR count). The average molecular weight is 290 g/mol. The van der Waals surface area contributed by atoms with Crippen LogP contribution in [0.1, 0.15) is 13.8 Å². The first kappa shape index (κ1) is 13.9. The lowest BCUT2D eigenvalue weighted by molar-refractivity contribution is -0.386. The van der Waals surface area contributed by atoms with E-state index in [1.807, 2.05) is 0 Å². The van der Waals surface area contributed by atoms with E-state index in [4.69, 9.17) is 25.8 Å². The molecular weight excluding hydrogens is 278 g/mol. The summed E-state index contributed by atoms with van der Waals surface area (Å²) in [5.74, 6) is -1.52. The molecule has 1 unspecified atom stereocenters. The maximum atomic E-state index is 10.7. The third kappa shape index (κ3) is 3.06. The molecule has 1 N–H and O–H groups in total. The van der Waals surface area contributed by atoms with E-state index in [0.29, 0.717) is 0 Å². The highest BCUT2D eigenvalue weighted by Crippen LogP contribution is 2.40. The quantitative estimate of drug-likeness (QED) is 0.679. The first-order valence-corrected chi connectivity index (χ1v) is 5.81. The van der Waals surface area contributed by atoms with Gasteiger partial charge in [0.1, 0.15) is 6.61 Å². The molecule has 1 saturated heterocycles. The zero-order chi connectivity index (χ0) is 14.2. The highest BCUT2D eigenvalue weighted by atomic mass is 35.5. The summed E-state index contributed by atoms with van der Waals surface area (Å²) in [6, 6.07) is 2.32. The van der Waals surface area contributed by atoms with Crippen molar-refractivity contribution in [1.82, 2.24) is 0 Å². The molecule has 0 aromatic heterocycles. The molecule has 0 bridgehead atoms. The molecule has 19 heavy (non-hydrogen) atoms. The number of benzene rings is 1. The second-order valence-corrected chi connectivity index (χ2v) is 4.84. The molecule has 1 heterocycles. The van der Waals surface area contributed by atoms with Gasteiger partial charge in [0.05, 0.1) is 9.95 Å². The first-order valence-electron chi connectivity index (χ1n) is 5.44. The van der Waals surface area contributed by atoms with Crippen LogP contribution in [0.15, 0.2) is 12.1 Å². The number of hydrogen-bond acceptors (Lipinski definition) is 6. The predicted octanol–water partition coefficient (Wildman–Crippen LogP) is 2.44. The lowest BCUT2D eigenvalue weighted by Crippen LogP contribution is -2.24. The van der Waals surface area contributed by atoms with E-state index in [1.54, 1.807) is 13.8 Å². The van der Waals surface area contributed by atoms with Gasteiger partial charge in [-0.05, 0) is 13.8 Å². The van der Waals surface area contributed by atoms with Gasteiger partial charge in [0.2, 0.25) is 12.0 Å². The van der Waals surface area contributed by atoms with E-state index in [-0.39, 0.29) is 17.4 Å². The van der Waals surface area contributed by atoms with Crippen molar-refractivity contribution >= 4 is 17.3 Å². The molecule has 1 aromatic carbocycles. The standard InChI is InChI=1S/C11H12ClNO6/c1-11(2)17-5-9(19-11)18-8-4-6(12)3-7(10(8)14)13(15)16/h3-4,9,14H,5H2,1-2H3. The molecule has 1 aliphatic rings. The van der Waals surface area contributed by atoms with Crippen LogP contribution in [0.2, 0.25) is 5.02 Å². The molecule has 0 aliphatic carbocycles. The number of hydrogen-bond donors (Lipinski definition) is 1. The Morgan fingerprint density at radius 1 is 1.58 bits per heavy atom. The number of phenols is 1. The Hall–Kier alpha value is -1.57. The van der Waals surface area contributed by atoms with Crippen molar-refractivity contribution in [2.45, 2.75) is 25.9 Å². The summed E-state index contributed by atoms with van der Waals surface area (Å²) in [4.78, 5) is 10.00. The summed E-state index contributed by atoms with van der Waals surface area (Å²) < 4.78 is 16.0. The Balaban J connectivity index is 2.24. The topological polar surface area (TPSA) is 91.1 Å². The highest BCUT2D eigenvalue weighted by Gasteiger charge is 2.35. The fourth-order valence-electron chi connectivity index (χ4n) is 1.64. The molecule has 8 heteroatoms. The third-order valence-corrected chi connectivity index (χ3v) is 2.68. The van der Waals surface area contributed by atoms with Crippen LogP contribution in [0.25, 0.3) is 0 Å². The van der Waals surface area contributed by atoms with E-state index < -0.39 is 28.4 Å². The molecule has 1 fully saturated rings. The zero-order valence-corrected chi connectivity index (χ0v) is 11.0. The van der Waals surface area contributed by atoms with Crippen molar-refractivity contribution in [3.05, 3.63) is 27.3 Å². The predicted molar refractivity (Wildman–Crippen MR) is 65.3 cm³/mol. The van der Waals surface area contributed by atoms with Crippen molar-refractivity contribution in [1.29, 1.82) is 0 Å². The van der Waals surface area contributed by atoms with Crippen LogP contribution in [0.5, 0.6) is 11.5 Å². The number of phenolic OH excluding ortho intramolecular Hbond substituents is 1. The number of ether oxygens (including phenoxy) is 3. The molecule has 1 atom stereocenters. The highest BCUT2D eigenvalue weighted by molar-refractivity contribution is 6.31. The van der Waals surface area contributed by atoms with Crippen LogP contribution in [0, 0.1) is 10.1 Å². The summed E-state index contributed by atoms with van der Waals surface area (Å²) >= 11 is 5.74. The summed E-state index contributed by atoms with van der Waals surface area (Å²) in [7, 11) is 0. The van der Waals surface area contributed by atoms with Crippen LogP contribution in [-0.4, -0.2) is 28.7 Å². The van der Waals surface area contributed by atoms with Crippen LogP contribution in [-0.2, 0) is 9.47 Å². The van der Waals surface area contributed by atoms with E-state index in [1.165, 1.54) is 6.07 Å². The van der Waals surface area contributed by atoms with Crippen molar-refractivity contribution < 1.29 is 24.2 Å². The molecule has 1 aliphatic heterocycles. The minimum atomic E-state index is -0.801. The smallest absolute Gasteiger partial charge is 0.316 e. The number of aromatic hydroxyl groups is 1. The molecule has 7 nitrogen and oxygen atoms in total. The fraction of sp³-hybridized carbons (Fsp3) is 0.455. The molecule has 0 spiro atoms. The number of nitro benzene ring substituents is 1. The monoisotopic (exact) mass is 289 g/mol. The van der Waals surface area contributed by atoms with Gasteiger partial charge in [0, 0.05) is 12.1 Å². The minimum absolute atomic E-state index is 0.0812. The van der Waals surface area contributed by atoms with E-state index in [9.17, 15) is 15.2 Å². The Bertz CT molecular complexity index is 518. The Kier molecular flexibility index (Phi) is 3.53. The molecule has 1 aromatic rings. The average Bonchev–Trinajstić information content (AvgIpc) is 2.62. The van der Waals surface area contributed by atoms with Crippen LogP contribution in [0.4, 0.5) is 5.69 Å². The molecular formula is C11H12ClNO6. The summed E-state index contributed by atoms with van der Waals surface area (Å²) in [5.41, 5.74) is -0.527. The van der Waals surface area contributed by atoms with Crippen LogP contribution < -0.4 is 4.74 Å². The van der Waals surface area contributed by atoms with Crippen molar-refractivity contribution in [2.24, 2.45) is 0 Å². The van der Waals surface area contributed by atoms with E-state index >= 15 is 0 Å². The molecule has 0 amide bonds. The first-order chi connectivity index (χ1) is 8.78. The van der Waals surface area contributed by atoms with Gasteiger partial charge >= 0.3 is 5.69 Å². The maximum Gasteiger partial charge on any atom is 0.316 e. The third-order valence-electron chi connectivity index (χ3n) is 2.46. The summed E-state index contributed by atoms with van der Waals surface area (Å²) in [6.45, 7) is 3.56. The van der Waals surface area contributed by atoms with Gasteiger partial charge in [-0.2, -0.15) is 0 Å². The lowest BCUT2D eigenvalue weighted by Gasteiger charge is -2.17. The summed E-state index contributed by atoms with van der Waals surface area (Å²) in [5, 5.41) is 20.6. The Labute approximate surface area is 113 Å². The Morgan fingerprint density at radius 2 is 2.26 bits per heavy atom. The fourth-order valence-corrected chi connectivity index (χ4v) is 1.84. The lowest BCUT2D eigenvalue weighted by atomic mass is 10.2. The second kappa shape index (κ2) is 4.84. The van der Waals surface area contributed by atoms with Crippen molar-refractivity contribution in [2.75, 3.05) is 6.61 Å². The van der Waals surface area contributed by atoms with Crippen molar-refractivity contribution in [3.63, 3.8) is 0 Å². The van der Waals surface area contributed by atoms with Gasteiger partial charge in [-0.1, -0.05) is 11.6 Å². The number of rotatable bonds is 3. The number of nitro groups is 1. The number of halogens is 1. The second-order valence-electron chi connectivity index (χ2n) is 4.40.